The van der Waals surface area contributed by atoms with Crippen LogP contribution in [0.2, 0.25) is 0 Å². The summed E-state index contributed by atoms with van der Waals surface area (Å²) in [6.45, 7) is 10.4. The zero-order valence-corrected chi connectivity index (χ0v) is 16.2. The van der Waals surface area contributed by atoms with Gasteiger partial charge >= 0.3 is 0 Å². The summed E-state index contributed by atoms with van der Waals surface area (Å²) in [6, 6.07) is 16.8. The lowest BCUT2D eigenvalue weighted by Gasteiger charge is -2.09. The molecule has 2 aromatic rings. The van der Waals surface area contributed by atoms with Gasteiger partial charge in [0, 0.05) is 5.69 Å². The molecule has 2 aromatic carbocycles. The number of allylic oxidation sites excluding steroid dienone is 1. The molecular weight excluding hydrogens is 336 g/mol. The quantitative estimate of drug-likeness (QED) is 0.851. The molecular formula is C23H26N2O2. The number of anilines is 1. The Morgan fingerprint density at radius 2 is 1.85 bits per heavy atom. The molecule has 0 aliphatic rings. The van der Waals surface area contributed by atoms with Gasteiger partial charge in [0.2, 0.25) is 5.91 Å². The Bertz CT molecular complexity index is 907. The molecule has 4 nitrogen and oxygen atoms in total. The van der Waals surface area contributed by atoms with Gasteiger partial charge in [-0.1, -0.05) is 56.8 Å². The predicted molar refractivity (Wildman–Crippen MR) is 112 cm³/mol. The monoisotopic (exact) mass is 362 g/mol. The van der Waals surface area contributed by atoms with Gasteiger partial charge in [-0.25, -0.2) is 0 Å². The number of nitrogens with zero attached hydrogens (tertiary/aromatic N) is 1. The summed E-state index contributed by atoms with van der Waals surface area (Å²) in [7, 11) is 0. The summed E-state index contributed by atoms with van der Waals surface area (Å²) < 4.78 is 5.86. The van der Waals surface area contributed by atoms with Crippen LogP contribution in [0.3, 0.4) is 0 Å². The predicted octanol–water partition coefficient (Wildman–Crippen LogP) is 3.78. The van der Waals surface area contributed by atoms with E-state index < -0.39 is 0 Å². The third-order valence-electron chi connectivity index (χ3n) is 3.50. The normalized spacial score (nSPS) is 11.0. The molecule has 4 heteroatoms. The number of nitriles is 1. The highest BCUT2D eigenvalue weighted by Gasteiger charge is 2.02. The standard InChI is InChI=1S/C21H20N2O2.C2H6/c1-3-6-17(20-8-5-4-7-16(20)2)15-25-19-11-9-18(10-12-19)23-21(24)13-14-22;1-2/h3-12H,2,13,15H2,1H3,(H,23,24);1-2H3/b6-3-,20-17+;. The van der Waals surface area contributed by atoms with Crippen LogP contribution in [0.4, 0.5) is 5.69 Å². The molecule has 0 aliphatic heterocycles. The first-order chi connectivity index (χ1) is 13.1. The highest BCUT2D eigenvalue weighted by atomic mass is 16.5. The van der Waals surface area contributed by atoms with Gasteiger partial charge in [-0.15, -0.1) is 0 Å². The molecule has 0 atom stereocenters. The number of ether oxygens (including phenoxy) is 1. The van der Waals surface area contributed by atoms with E-state index in [1.807, 2.05) is 63.3 Å². The molecule has 0 unspecified atom stereocenters. The number of nitrogens with one attached hydrogen (secondary N) is 1. The number of hydrogen-bond acceptors (Lipinski definition) is 3. The van der Waals surface area contributed by atoms with Crippen LogP contribution in [0.25, 0.3) is 12.2 Å². The van der Waals surface area contributed by atoms with Crippen LogP contribution in [-0.4, -0.2) is 12.5 Å². The zero-order chi connectivity index (χ0) is 20.1. The van der Waals surface area contributed by atoms with E-state index in [1.54, 1.807) is 24.3 Å². The number of amides is 1. The van der Waals surface area contributed by atoms with Crippen LogP contribution in [-0.2, 0) is 4.79 Å². The smallest absolute Gasteiger partial charge is 0.238 e. The van der Waals surface area contributed by atoms with Crippen molar-refractivity contribution in [3.63, 3.8) is 0 Å². The minimum atomic E-state index is -0.327. The average Bonchev–Trinajstić information content (AvgIpc) is 2.69. The fourth-order valence-electron chi connectivity index (χ4n) is 2.32. The highest BCUT2D eigenvalue weighted by Crippen LogP contribution is 2.16. The van der Waals surface area contributed by atoms with Crippen molar-refractivity contribution in [2.45, 2.75) is 27.2 Å². The maximum atomic E-state index is 11.4. The summed E-state index contributed by atoms with van der Waals surface area (Å²) in [6.07, 6.45) is 3.82. The first kappa shape index (κ1) is 21.7. The second-order valence-corrected chi connectivity index (χ2v) is 5.38. The second kappa shape index (κ2) is 12.1. The Balaban J connectivity index is 0.00000176. The molecule has 0 aromatic heterocycles. The molecule has 140 valence electrons. The van der Waals surface area contributed by atoms with Gasteiger partial charge in [0.15, 0.2) is 0 Å². The van der Waals surface area contributed by atoms with E-state index in [2.05, 4.69) is 11.9 Å². The molecule has 0 spiro atoms. The van der Waals surface area contributed by atoms with Gasteiger partial charge in [-0.2, -0.15) is 5.26 Å². The van der Waals surface area contributed by atoms with Crippen molar-refractivity contribution in [1.29, 1.82) is 5.26 Å². The summed E-state index contributed by atoms with van der Waals surface area (Å²) in [5.74, 6) is 0.369. The Morgan fingerprint density at radius 1 is 1.19 bits per heavy atom. The van der Waals surface area contributed by atoms with E-state index in [-0.39, 0.29) is 12.3 Å². The molecule has 0 heterocycles. The summed E-state index contributed by atoms with van der Waals surface area (Å²) in [4.78, 5) is 11.4. The first-order valence-corrected chi connectivity index (χ1v) is 8.93. The lowest BCUT2D eigenvalue weighted by atomic mass is 10.1. The van der Waals surface area contributed by atoms with Crippen LogP contribution >= 0.6 is 0 Å². The molecule has 0 bridgehead atoms. The van der Waals surface area contributed by atoms with Crippen LogP contribution in [0.5, 0.6) is 5.75 Å². The largest absolute Gasteiger partial charge is 0.489 e. The fourth-order valence-corrected chi connectivity index (χ4v) is 2.32. The lowest BCUT2D eigenvalue weighted by Crippen LogP contribution is -2.26. The molecule has 0 saturated heterocycles. The van der Waals surface area contributed by atoms with Crippen LogP contribution < -0.4 is 20.5 Å². The number of carbonyl (C=O) groups is 1. The molecule has 0 fully saturated rings. The Kier molecular flexibility index (Phi) is 9.74. The van der Waals surface area contributed by atoms with Crippen molar-refractivity contribution in [2.24, 2.45) is 0 Å². The maximum absolute atomic E-state index is 11.4. The van der Waals surface area contributed by atoms with Crippen molar-refractivity contribution >= 4 is 23.7 Å². The molecule has 0 aliphatic carbocycles. The van der Waals surface area contributed by atoms with Crippen molar-refractivity contribution in [3.05, 3.63) is 71.1 Å². The van der Waals surface area contributed by atoms with Crippen molar-refractivity contribution in [2.75, 3.05) is 11.9 Å². The Morgan fingerprint density at radius 3 is 2.44 bits per heavy atom. The lowest BCUT2D eigenvalue weighted by molar-refractivity contribution is -0.115. The van der Waals surface area contributed by atoms with Crippen molar-refractivity contribution in [1.82, 2.24) is 0 Å². The number of hydrogen-bond donors (Lipinski definition) is 1. The molecule has 27 heavy (non-hydrogen) atoms. The van der Waals surface area contributed by atoms with E-state index in [4.69, 9.17) is 10.00 Å². The van der Waals surface area contributed by atoms with E-state index in [1.165, 1.54) is 0 Å². The van der Waals surface area contributed by atoms with E-state index in [9.17, 15) is 4.79 Å². The molecule has 2 rings (SSSR count). The Labute approximate surface area is 161 Å². The SMILES string of the molecule is C=c1cccc/c1=C(/C=C\C)COc1ccc(NC(=O)CC#N)cc1.CC. The van der Waals surface area contributed by atoms with E-state index in [0.717, 1.165) is 16.0 Å². The van der Waals surface area contributed by atoms with Gasteiger partial charge in [0.05, 0.1) is 6.07 Å². The van der Waals surface area contributed by atoms with Crippen molar-refractivity contribution < 1.29 is 9.53 Å². The maximum Gasteiger partial charge on any atom is 0.238 e. The molecule has 0 saturated carbocycles. The summed E-state index contributed by atoms with van der Waals surface area (Å²) >= 11 is 0. The van der Waals surface area contributed by atoms with Crippen LogP contribution in [0, 0.1) is 11.3 Å². The molecule has 1 N–H and O–H groups in total. The molecule has 0 radical (unpaired) electrons. The van der Waals surface area contributed by atoms with Crippen LogP contribution in [0.1, 0.15) is 27.2 Å². The van der Waals surface area contributed by atoms with E-state index in [0.29, 0.717) is 18.0 Å². The minimum Gasteiger partial charge on any atom is -0.489 e. The fraction of sp³-hybridized carbons (Fsp3) is 0.217. The average molecular weight is 362 g/mol. The van der Waals surface area contributed by atoms with Crippen molar-refractivity contribution in [3.8, 4) is 11.8 Å². The first-order valence-electron chi connectivity index (χ1n) is 8.93. The Hall–Kier alpha value is -3.32. The topological polar surface area (TPSA) is 62.1 Å². The summed E-state index contributed by atoms with van der Waals surface area (Å²) in [5.41, 5.74) is 1.67. The van der Waals surface area contributed by atoms with E-state index >= 15 is 0 Å². The van der Waals surface area contributed by atoms with Gasteiger partial charge in [-0.05, 0) is 47.2 Å². The van der Waals surface area contributed by atoms with Crippen LogP contribution in [0.15, 0.2) is 60.7 Å². The third-order valence-corrected chi connectivity index (χ3v) is 3.50. The minimum absolute atomic E-state index is 0.162. The van der Waals surface area contributed by atoms with Gasteiger partial charge in [0.25, 0.3) is 0 Å². The second-order valence-electron chi connectivity index (χ2n) is 5.38. The molecule has 1 amide bonds. The number of benzene rings is 2. The summed E-state index contributed by atoms with van der Waals surface area (Å²) in [5, 5.41) is 13.2. The van der Waals surface area contributed by atoms with Gasteiger partial charge < -0.3 is 10.1 Å². The third kappa shape index (κ3) is 7.21. The number of carbonyl (C=O) groups excluding carboxylic acids is 1. The highest BCUT2D eigenvalue weighted by molar-refractivity contribution is 5.92. The number of rotatable bonds is 6. The van der Waals surface area contributed by atoms with Gasteiger partial charge in [-0.3, -0.25) is 4.79 Å². The van der Waals surface area contributed by atoms with Gasteiger partial charge in [0.1, 0.15) is 18.8 Å². The zero-order valence-electron chi connectivity index (χ0n) is 16.2.